The van der Waals surface area contributed by atoms with Crippen molar-refractivity contribution in [3.8, 4) is 0 Å². The molecule has 1 amide bonds. The number of benzene rings is 1. The Morgan fingerprint density at radius 2 is 2.12 bits per heavy atom. The second-order valence-electron chi connectivity index (χ2n) is 6.55. The van der Waals surface area contributed by atoms with Gasteiger partial charge in [-0.25, -0.2) is 0 Å². The van der Waals surface area contributed by atoms with E-state index in [9.17, 15) is 4.79 Å². The van der Waals surface area contributed by atoms with Crippen molar-refractivity contribution >= 4 is 5.91 Å². The molecule has 5 heteroatoms. The molecule has 0 spiro atoms. The van der Waals surface area contributed by atoms with Crippen molar-refractivity contribution in [2.45, 2.75) is 51.5 Å². The van der Waals surface area contributed by atoms with Gasteiger partial charge < -0.3 is 9.47 Å². The topological polar surface area (TPSA) is 51.0 Å². The van der Waals surface area contributed by atoms with Crippen molar-refractivity contribution in [3.63, 3.8) is 0 Å². The average molecular weight is 326 g/mol. The first-order valence-electron chi connectivity index (χ1n) is 8.97. The lowest BCUT2D eigenvalue weighted by molar-refractivity contribution is -0.132. The highest BCUT2D eigenvalue weighted by molar-refractivity contribution is 5.76. The fourth-order valence-electron chi connectivity index (χ4n) is 3.46. The first kappa shape index (κ1) is 16.7. The molecule has 0 aliphatic carbocycles. The molecule has 1 atom stereocenters. The number of hydrogen-bond donors (Lipinski definition) is 0. The van der Waals surface area contributed by atoms with E-state index >= 15 is 0 Å². The Kier molecular flexibility index (Phi) is 5.62. The third-order valence-corrected chi connectivity index (χ3v) is 4.72. The highest BCUT2D eigenvalue weighted by Gasteiger charge is 2.27. The second kappa shape index (κ2) is 8.08. The van der Waals surface area contributed by atoms with E-state index in [0.29, 0.717) is 12.3 Å². The van der Waals surface area contributed by atoms with Crippen LogP contribution in [0.3, 0.4) is 0 Å². The molecule has 2 heterocycles. The molecule has 24 heavy (non-hydrogen) atoms. The van der Waals surface area contributed by atoms with Gasteiger partial charge in [-0.15, -0.1) is 10.2 Å². The van der Waals surface area contributed by atoms with Crippen LogP contribution in [0.1, 0.15) is 49.9 Å². The molecule has 0 N–H and O–H groups in total. The minimum absolute atomic E-state index is 0.255. The molecule has 1 fully saturated rings. The Morgan fingerprint density at radius 3 is 2.92 bits per heavy atom. The van der Waals surface area contributed by atoms with Gasteiger partial charge in [-0.05, 0) is 31.2 Å². The van der Waals surface area contributed by atoms with E-state index in [0.717, 1.165) is 51.1 Å². The zero-order chi connectivity index (χ0) is 16.8. The van der Waals surface area contributed by atoms with Gasteiger partial charge in [0.1, 0.15) is 12.2 Å². The van der Waals surface area contributed by atoms with E-state index in [1.807, 2.05) is 29.4 Å². The van der Waals surface area contributed by atoms with Gasteiger partial charge >= 0.3 is 0 Å². The molecule has 0 radical (unpaired) electrons. The van der Waals surface area contributed by atoms with Crippen LogP contribution in [0.15, 0.2) is 36.7 Å². The van der Waals surface area contributed by atoms with Gasteiger partial charge in [0, 0.05) is 32.0 Å². The van der Waals surface area contributed by atoms with Crippen molar-refractivity contribution < 1.29 is 4.79 Å². The summed E-state index contributed by atoms with van der Waals surface area (Å²) in [6.07, 6.45) is 6.41. The molecule has 2 aromatic rings. The van der Waals surface area contributed by atoms with E-state index in [1.165, 1.54) is 5.56 Å². The third-order valence-electron chi connectivity index (χ3n) is 4.72. The van der Waals surface area contributed by atoms with Crippen molar-refractivity contribution in [2.75, 3.05) is 13.1 Å². The monoisotopic (exact) mass is 326 g/mol. The summed E-state index contributed by atoms with van der Waals surface area (Å²) in [6.45, 7) is 4.74. The molecule has 1 aliphatic heterocycles. The first-order valence-corrected chi connectivity index (χ1v) is 8.97. The van der Waals surface area contributed by atoms with Gasteiger partial charge in [0.25, 0.3) is 0 Å². The molecular weight excluding hydrogens is 300 g/mol. The second-order valence-corrected chi connectivity index (χ2v) is 6.55. The van der Waals surface area contributed by atoms with Gasteiger partial charge in [0.05, 0.1) is 0 Å². The maximum atomic E-state index is 12.6. The maximum absolute atomic E-state index is 12.6. The summed E-state index contributed by atoms with van der Waals surface area (Å²) < 4.78 is 2.14. The predicted octanol–water partition coefficient (Wildman–Crippen LogP) is 3.03. The molecule has 0 bridgehead atoms. The smallest absolute Gasteiger partial charge is 0.222 e. The SMILES string of the molecule is CCCn1cnnc1C1CCCN(C(=O)CCc2ccccc2)C1. The number of piperidine rings is 1. The van der Waals surface area contributed by atoms with Crippen LogP contribution >= 0.6 is 0 Å². The van der Waals surface area contributed by atoms with Crippen LogP contribution < -0.4 is 0 Å². The summed E-state index contributed by atoms with van der Waals surface area (Å²) in [5.74, 6) is 1.61. The van der Waals surface area contributed by atoms with E-state index in [2.05, 4.69) is 33.8 Å². The zero-order valence-electron chi connectivity index (χ0n) is 14.4. The van der Waals surface area contributed by atoms with E-state index in [4.69, 9.17) is 0 Å². The fraction of sp³-hybridized carbons (Fsp3) is 0.526. The molecule has 1 aromatic carbocycles. The molecule has 1 saturated heterocycles. The number of aryl methyl sites for hydroxylation is 2. The summed E-state index contributed by atoms with van der Waals surface area (Å²) in [5.41, 5.74) is 1.22. The summed E-state index contributed by atoms with van der Waals surface area (Å²) >= 11 is 0. The minimum atomic E-state index is 0.255. The van der Waals surface area contributed by atoms with Crippen LogP contribution in [-0.2, 0) is 17.8 Å². The van der Waals surface area contributed by atoms with Gasteiger partial charge in [-0.1, -0.05) is 37.3 Å². The van der Waals surface area contributed by atoms with Crippen molar-refractivity contribution in [2.24, 2.45) is 0 Å². The van der Waals surface area contributed by atoms with E-state index < -0.39 is 0 Å². The summed E-state index contributed by atoms with van der Waals surface area (Å²) in [5, 5.41) is 8.39. The number of carbonyl (C=O) groups excluding carboxylic acids is 1. The summed E-state index contributed by atoms with van der Waals surface area (Å²) in [4.78, 5) is 14.6. The Morgan fingerprint density at radius 1 is 1.29 bits per heavy atom. The van der Waals surface area contributed by atoms with Crippen LogP contribution in [-0.4, -0.2) is 38.7 Å². The molecule has 1 aromatic heterocycles. The van der Waals surface area contributed by atoms with Gasteiger partial charge in [-0.2, -0.15) is 0 Å². The Balaban J connectivity index is 1.58. The lowest BCUT2D eigenvalue weighted by Gasteiger charge is -2.32. The molecule has 1 aliphatic rings. The van der Waals surface area contributed by atoms with Crippen molar-refractivity contribution in [1.29, 1.82) is 0 Å². The number of carbonyl (C=O) groups is 1. The largest absolute Gasteiger partial charge is 0.342 e. The highest BCUT2D eigenvalue weighted by Crippen LogP contribution is 2.26. The van der Waals surface area contributed by atoms with E-state index in [1.54, 1.807) is 0 Å². The number of rotatable bonds is 6. The Bertz CT molecular complexity index is 652. The summed E-state index contributed by atoms with van der Waals surface area (Å²) in [7, 11) is 0. The predicted molar refractivity (Wildman–Crippen MR) is 93.6 cm³/mol. The molecule has 128 valence electrons. The van der Waals surface area contributed by atoms with Gasteiger partial charge in [0.15, 0.2) is 0 Å². The molecule has 3 rings (SSSR count). The molecule has 1 unspecified atom stereocenters. The lowest BCUT2D eigenvalue weighted by atomic mass is 9.96. The number of amides is 1. The van der Waals surface area contributed by atoms with Crippen LogP contribution in [0.4, 0.5) is 0 Å². The quantitative estimate of drug-likeness (QED) is 0.820. The van der Waals surface area contributed by atoms with Crippen LogP contribution in [0.25, 0.3) is 0 Å². The number of aromatic nitrogens is 3. The fourth-order valence-corrected chi connectivity index (χ4v) is 3.46. The van der Waals surface area contributed by atoms with E-state index in [-0.39, 0.29) is 5.91 Å². The lowest BCUT2D eigenvalue weighted by Crippen LogP contribution is -2.39. The standard InChI is InChI=1S/C19H26N4O/c1-2-12-23-15-20-21-19(23)17-9-6-13-22(14-17)18(24)11-10-16-7-4-3-5-8-16/h3-5,7-8,15,17H,2,6,9-14H2,1H3. The summed E-state index contributed by atoms with van der Waals surface area (Å²) in [6, 6.07) is 10.2. The molecular formula is C19H26N4O. The van der Waals surface area contributed by atoms with Crippen LogP contribution in [0, 0.1) is 0 Å². The molecule has 5 nitrogen and oxygen atoms in total. The van der Waals surface area contributed by atoms with Gasteiger partial charge in [0.2, 0.25) is 5.91 Å². The van der Waals surface area contributed by atoms with Crippen molar-refractivity contribution in [1.82, 2.24) is 19.7 Å². The Labute approximate surface area is 143 Å². The number of nitrogens with zero attached hydrogens (tertiary/aromatic N) is 4. The van der Waals surface area contributed by atoms with Crippen LogP contribution in [0.2, 0.25) is 0 Å². The maximum Gasteiger partial charge on any atom is 0.222 e. The first-order chi connectivity index (χ1) is 11.8. The van der Waals surface area contributed by atoms with Gasteiger partial charge in [-0.3, -0.25) is 4.79 Å². The average Bonchev–Trinajstić information content (AvgIpc) is 3.09. The highest BCUT2D eigenvalue weighted by atomic mass is 16.2. The number of hydrogen-bond acceptors (Lipinski definition) is 3. The minimum Gasteiger partial charge on any atom is -0.342 e. The normalized spacial score (nSPS) is 17.9. The third kappa shape index (κ3) is 4.02. The molecule has 0 saturated carbocycles. The number of likely N-dealkylation sites (tertiary alicyclic amines) is 1. The Hall–Kier alpha value is -2.17. The van der Waals surface area contributed by atoms with Crippen molar-refractivity contribution in [3.05, 3.63) is 48.0 Å². The van der Waals surface area contributed by atoms with Crippen LogP contribution in [0.5, 0.6) is 0 Å². The zero-order valence-corrected chi connectivity index (χ0v) is 14.4.